The largest absolute Gasteiger partial charge is 0.304 e. The summed E-state index contributed by atoms with van der Waals surface area (Å²) in [4.78, 5) is 2.39. The van der Waals surface area contributed by atoms with Crippen LogP contribution in [0.2, 0.25) is 0 Å². The van der Waals surface area contributed by atoms with Gasteiger partial charge in [0.05, 0.1) is 10.3 Å². The Morgan fingerprint density at radius 3 is 2.95 bits per heavy atom. The van der Waals surface area contributed by atoms with Crippen molar-refractivity contribution in [2.75, 3.05) is 19.3 Å². The van der Waals surface area contributed by atoms with Gasteiger partial charge in [-0.05, 0) is 25.1 Å². The van der Waals surface area contributed by atoms with Crippen molar-refractivity contribution in [3.63, 3.8) is 0 Å². The smallest absolute Gasteiger partial charge is 0.247 e. The number of likely N-dealkylation sites (N-methyl/N-ethyl adjacent to an activating group) is 1. The monoisotopic (exact) mass is 333 g/mol. The van der Waals surface area contributed by atoms with Crippen molar-refractivity contribution in [2.45, 2.75) is 39.9 Å². The lowest BCUT2D eigenvalue weighted by Gasteiger charge is -2.45. The van der Waals surface area contributed by atoms with Gasteiger partial charge in [-0.1, -0.05) is 6.92 Å². The fourth-order valence-corrected chi connectivity index (χ4v) is 6.59. The van der Waals surface area contributed by atoms with Crippen molar-refractivity contribution >= 4 is 33.1 Å². The van der Waals surface area contributed by atoms with Crippen LogP contribution in [0.5, 0.6) is 0 Å². The highest BCUT2D eigenvalue weighted by atomic mass is 32.3. The van der Waals surface area contributed by atoms with Crippen LogP contribution >= 0.6 is 23.1 Å². The molecule has 3 heterocycles. The molecule has 0 radical (unpaired) electrons. The van der Waals surface area contributed by atoms with E-state index in [9.17, 15) is 8.42 Å². The zero-order chi connectivity index (χ0) is 14.5. The summed E-state index contributed by atoms with van der Waals surface area (Å²) >= 11 is 3.04. The summed E-state index contributed by atoms with van der Waals surface area (Å²) in [6.07, 6.45) is 1.07. The first-order valence-electron chi connectivity index (χ1n) is 6.65. The third-order valence-corrected chi connectivity index (χ3v) is 8.05. The second kappa shape index (κ2) is 5.26. The molecule has 5 nitrogen and oxygen atoms in total. The number of thioether (sulfide) groups is 1. The van der Waals surface area contributed by atoms with Gasteiger partial charge in [0.15, 0.2) is 0 Å². The molecule has 1 aromatic heterocycles. The summed E-state index contributed by atoms with van der Waals surface area (Å²) in [7, 11) is -1.45. The molecule has 20 heavy (non-hydrogen) atoms. The molecule has 8 heteroatoms. The standard InChI is InChI=1S/C12H19N3O2S3/c1-3-7-5-15(2)9-6-18-12-8(11(9)14-7)4-10(19-12)20(13,16)17/h4,7,9,11,14H,3,5-6H2,1-2H3,(H2,13,16,17)/t7?,9-,11?/m1/s1. The minimum Gasteiger partial charge on any atom is -0.304 e. The third kappa shape index (κ3) is 2.53. The number of nitrogens with one attached hydrogen (secondary N) is 1. The minimum atomic E-state index is -3.60. The number of piperazine rings is 1. The van der Waals surface area contributed by atoms with E-state index in [4.69, 9.17) is 5.14 Å². The zero-order valence-electron chi connectivity index (χ0n) is 11.5. The van der Waals surface area contributed by atoms with Crippen molar-refractivity contribution < 1.29 is 8.42 Å². The molecule has 0 aromatic carbocycles. The molecule has 3 N–H and O–H groups in total. The lowest BCUT2D eigenvalue weighted by atomic mass is 9.96. The average molecular weight is 334 g/mol. The average Bonchev–Trinajstić information content (AvgIpc) is 2.82. The van der Waals surface area contributed by atoms with Crippen LogP contribution in [0.1, 0.15) is 24.9 Å². The Labute approximate surface area is 128 Å². The second-order valence-electron chi connectivity index (χ2n) is 5.42. The van der Waals surface area contributed by atoms with Gasteiger partial charge in [-0.2, -0.15) is 0 Å². The van der Waals surface area contributed by atoms with Gasteiger partial charge in [0.2, 0.25) is 10.0 Å². The van der Waals surface area contributed by atoms with E-state index in [1.165, 1.54) is 11.3 Å². The lowest BCUT2D eigenvalue weighted by molar-refractivity contribution is 0.126. The lowest BCUT2D eigenvalue weighted by Crippen LogP contribution is -2.58. The number of nitrogens with two attached hydrogens (primary N) is 1. The summed E-state index contributed by atoms with van der Waals surface area (Å²) < 4.78 is 24.5. The maximum Gasteiger partial charge on any atom is 0.247 e. The Hall–Kier alpha value is -0.120. The van der Waals surface area contributed by atoms with Crippen molar-refractivity contribution in [2.24, 2.45) is 5.14 Å². The predicted molar refractivity (Wildman–Crippen MR) is 82.8 cm³/mol. The number of thiophene rings is 1. The van der Waals surface area contributed by atoms with E-state index in [0.29, 0.717) is 12.1 Å². The van der Waals surface area contributed by atoms with E-state index in [0.717, 1.165) is 28.5 Å². The summed E-state index contributed by atoms with van der Waals surface area (Å²) in [6.45, 7) is 3.22. The van der Waals surface area contributed by atoms with E-state index < -0.39 is 10.0 Å². The SMILES string of the molecule is CCC1CN(C)[C@@H]2CSc3sc(S(N)(=O)=O)cc3C2N1. The number of primary sulfonamides is 1. The fourth-order valence-electron chi connectivity index (χ4n) is 2.92. The van der Waals surface area contributed by atoms with Gasteiger partial charge < -0.3 is 5.32 Å². The molecule has 2 aliphatic heterocycles. The molecule has 0 aliphatic carbocycles. The van der Waals surface area contributed by atoms with Crippen LogP contribution in [0.15, 0.2) is 14.5 Å². The van der Waals surface area contributed by atoms with E-state index >= 15 is 0 Å². The van der Waals surface area contributed by atoms with Crippen LogP contribution in [0.3, 0.4) is 0 Å². The number of fused-ring (bicyclic) bond motifs is 3. The molecular weight excluding hydrogens is 314 g/mol. The molecule has 1 saturated heterocycles. The first-order valence-corrected chi connectivity index (χ1v) is 10.0. The van der Waals surface area contributed by atoms with Gasteiger partial charge in [0.25, 0.3) is 0 Å². The molecule has 3 rings (SSSR count). The Kier molecular flexibility index (Phi) is 3.89. The summed E-state index contributed by atoms with van der Waals surface area (Å²) in [5.74, 6) is 0.988. The fraction of sp³-hybridized carbons (Fsp3) is 0.667. The number of sulfonamides is 1. The Bertz CT molecular complexity index is 613. The molecule has 0 saturated carbocycles. The topological polar surface area (TPSA) is 75.4 Å². The molecule has 0 spiro atoms. The van der Waals surface area contributed by atoms with Gasteiger partial charge >= 0.3 is 0 Å². The second-order valence-corrected chi connectivity index (χ2v) is 9.55. The van der Waals surface area contributed by atoms with Crippen LogP contribution in [-0.4, -0.2) is 44.7 Å². The summed E-state index contributed by atoms with van der Waals surface area (Å²) in [5.41, 5.74) is 1.10. The van der Waals surface area contributed by atoms with Crippen molar-refractivity contribution in [1.29, 1.82) is 0 Å². The quantitative estimate of drug-likeness (QED) is 0.851. The van der Waals surface area contributed by atoms with Crippen LogP contribution in [-0.2, 0) is 10.0 Å². The first kappa shape index (κ1) is 14.8. The third-order valence-electron chi connectivity index (χ3n) is 4.07. The molecule has 112 valence electrons. The Balaban J connectivity index is 1.99. The predicted octanol–water partition coefficient (Wildman–Crippen LogP) is 1.22. The van der Waals surface area contributed by atoms with Gasteiger partial charge in [-0.3, -0.25) is 4.90 Å². The van der Waals surface area contributed by atoms with E-state index in [2.05, 4.69) is 24.2 Å². The van der Waals surface area contributed by atoms with Gasteiger partial charge in [0, 0.05) is 24.4 Å². The highest BCUT2D eigenvalue weighted by Crippen LogP contribution is 2.45. The minimum absolute atomic E-state index is 0.210. The molecule has 1 fully saturated rings. The number of rotatable bonds is 2. The molecule has 2 unspecified atom stereocenters. The molecule has 3 atom stereocenters. The Morgan fingerprint density at radius 2 is 2.30 bits per heavy atom. The number of hydrogen-bond donors (Lipinski definition) is 2. The zero-order valence-corrected chi connectivity index (χ0v) is 13.9. The highest BCUT2D eigenvalue weighted by molar-refractivity contribution is 8.01. The van der Waals surface area contributed by atoms with E-state index in [1.807, 2.05) is 0 Å². The summed E-state index contributed by atoms with van der Waals surface area (Å²) in [6, 6.07) is 2.84. The van der Waals surface area contributed by atoms with Gasteiger partial charge in [0.1, 0.15) is 4.21 Å². The molecule has 1 aromatic rings. The van der Waals surface area contributed by atoms with E-state index in [-0.39, 0.29) is 10.3 Å². The van der Waals surface area contributed by atoms with Crippen LogP contribution in [0.4, 0.5) is 0 Å². The normalized spacial score (nSPS) is 30.9. The molecule has 0 amide bonds. The maximum atomic E-state index is 11.5. The van der Waals surface area contributed by atoms with Gasteiger partial charge in [-0.25, -0.2) is 13.6 Å². The highest BCUT2D eigenvalue weighted by Gasteiger charge is 2.39. The first-order chi connectivity index (χ1) is 9.40. The van der Waals surface area contributed by atoms with Crippen LogP contribution < -0.4 is 10.5 Å². The van der Waals surface area contributed by atoms with Crippen LogP contribution in [0, 0.1) is 0 Å². The van der Waals surface area contributed by atoms with Crippen molar-refractivity contribution in [1.82, 2.24) is 10.2 Å². The van der Waals surface area contributed by atoms with Crippen molar-refractivity contribution in [3.8, 4) is 0 Å². The van der Waals surface area contributed by atoms with Crippen LogP contribution in [0.25, 0.3) is 0 Å². The Morgan fingerprint density at radius 1 is 1.55 bits per heavy atom. The molecule has 2 aliphatic rings. The van der Waals surface area contributed by atoms with Gasteiger partial charge in [-0.15, -0.1) is 23.1 Å². The molecular formula is C12H19N3O2S3. The van der Waals surface area contributed by atoms with E-state index in [1.54, 1.807) is 17.8 Å². The van der Waals surface area contributed by atoms with Crippen molar-refractivity contribution in [3.05, 3.63) is 11.6 Å². The number of hydrogen-bond acceptors (Lipinski definition) is 6. The maximum absolute atomic E-state index is 11.5. The molecule has 0 bridgehead atoms. The number of nitrogens with zero attached hydrogens (tertiary/aromatic N) is 1. The summed E-state index contributed by atoms with van der Waals surface area (Å²) in [5, 5.41) is 8.93.